The van der Waals surface area contributed by atoms with E-state index in [0.717, 1.165) is 0 Å². The van der Waals surface area contributed by atoms with E-state index in [2.05, 4.69) is 4.98 Å². The first kappa shape index (κ1) is 18.6. The summed E-state index contributed by atoms with van der Waals surface area (Å²) in [5.41, 5.74) is 1.41. The van der Waals surface area contributed by atoms with E-state index in [0.29, 0.717) is 11.3 Å². The van der Waals surface area contributed by atoms with Crippen LogP contribution >= 0.6 is 0 Å². The van der Waals surface area contributed by atoms with Crippen molar-refractivity contribution in [2.45, 2.75) is 32.9 Å². The third-order valence-corrected chi connectivity index (χ3v) is 4.47. The summed E-state index contributed by atoms with van der Waals surface area (Å²) in [7, 11) is 0. The summed E-state index contributed by atoms with van der Waals surface area (Å²) in [6.45, 7) is 3.98. The number of amides is 1. The standard InChI is InChI=1S/C21H22N2O4/c1-13(2)11-17(25)18-19(14-6-8-16(24)9-7-14)23(21(27)20(18)26)12-15-5-3-4-10-22-15/h3-10,13,19,24,26H,11-12H2,1-2H3. The van der Waals surface area contributed by atoms with E-state index in [1.54, 1.807) is 30.5 Å². The van der Waals surface area contributed by atoms with E-state index in [-0.39, 0.29) is 36.0 Å². The van der Waals surface area contributed by atoms with Crippen LogP contribution in [0, 0.1) is 5.92 Å². The van der Waals surface area contributed by atoms with Gasteiger partial charge in [-0.2, -0.15) is 0 Å². The second kappa shape index (κ2) is 7.61. The summed E-state index contributed by atoms with van der Waals surface area (Å²) in [6, 6.07) is 11.0. The lowest BCUT2D eigenvalue weighted by molar-refractivity contribution is -0.130. The number of hydrogen-bond donors (Lipinski definition) is 2. The number of pyridine rings is 1. The van der Waals surface area contributed by atoms with Crippen molar-refractivity contribution in [3.05, 3.63) is 71.3 Å². The number of aliphatic hydroxyl groups excluding tert-OH is 1. The summed E-state index contributed by atoms with van der Waals surface area (Å²) < 4.78 is 0. The van der Waals surface area contributed by atoms with E-state index < -0.39 is 17.7 Å². The summed E-state index contributed by atoms with van der Waals surface area (Å²) >= 11 is 0. The van der Waals surface area contributed by atoms with Crippen LogP contribution in [0.25, 0.3) is 0 Å². The van der Waals surface area contributed by atoms with Crippen molar-refractivity contribution in [3.8, 4) is 5.75 Å². The molecule has 1 aromatic heterocycles. The van der Waals surface area contributed by atoms with Crippen molar-refractivity contribution < 1.29 is 19.8 Å². The Bertz CT molecular complexity index is 873. The summed E-state index contributed by atoms with van der Waals surface area (Å²) in [4.78, 5) is 31.2. The zero-order chi connectivity index (χ0) is 19.6. The number of rotatable bonds is 6. The van der Waals surface area contributed by atoms with Gasteiger partial charge in [0, 0.05) is 12.6 Å². The predicted molar refractivity (Wildman–Crippen MR) is 99.8 cm³/mol. The molecule has 0 spiro atoms. The van der Waals surface area contributed by atoms with Crippen LogP contribution in [0.1, 0.15) is 37.6 Å². The van der Waals surface area contributed by atoms with Gasteiger partial charge in [-0.05, 0) is 35.7 Å². The van der Waals surface area contributed by atoms with Crippen molar-refractivity contribution in [2.75, 3.05) is 0 Å². The fourth-order valence-corrected chi connectivity index (χ4v) is 3.25. The zero-order valence-electron chi connectivity index (χ0n) is 15.3. The maximum absolute atomic E-state index is 12.8. The fraction of sp³-hybridized carbons (Fsp3) is 0.286. The first-order chi connectivity index (χ1) is 12.9. The third kappa shape index (κ3) is 3.84. The van der Waals surface area contributed by atoms with Crippen molar-refractivity contribution >= 4 is 11.7 Å². The SMILES string of the molecule is CC(C)CC(=O)C1=C(O)C(=O)N(Cc2ccccn2)C1c1ccc(O)cc1. The molecule has 1 aliphatic heterocycles. The Morgan fingerprint density at radius 1 is 1.15 bits per heavy atom. The topological polar surface area (TPSA) is 90.7 Å². The molecular formula is C21H22N2O4. The number of phenols is 1. The monoisotopic (exact) mass is 366 g/mol. The molecule has 0 saturated carbocycles. The molecule has 140 valence electrons. The van der Waals surface area contributed by atoms with Gasteiger partial charge < -0.3 is 15.1 Å². The van der Waals surface area contributed by atoms with Gasteiger partial charge in [-0.25, -0.2) is 0 Å². The number of carbonyl (C=O) groups excluding carboxylic acids is 2. The number of phenolic OH excluding ortho intramolecular Hbond substituents is 1. The normalized spacial score (nSPS) is 17.1. The molecule has 2 aromatic rings. The van der Waals surface area contributed by atoms with Gasteiger partial charge in [0.15, 0.2) is 11.5 Å². The molecule has 2 heterocycles. The van der Waals surface area contributed by atoms with Gasteiger partial charge in [-0.3, -0.25) is 14.6 Å². The third-order valence-electron chi connectivity index (χ3n) is 4.47. The maximum Gasteiger partial charge on any atom is 0.290 e. The Morgan fingerprint density at radius 3 is 2.44 bits per heavy atom. The lowest BCUT2D eigenvalue weighted by Crippen LogP contribution is -2.31. The number of aliphatic hydroxyl groups is 1. The van der Waals surface area contributed by atoms with Gasteiger partial charge in [-0.15, -0.1) is 0 Å². The molecule has 0 radical (unpaired) electrons. The second-order valence-electron chi connectivity index (χ2n) is 7.03. The molecule has 0 aliphatic carbocycles. The van der Waals surface area contributed by atoms with Crippen molar-refractivity contribution in [2.24, 2.45) is 5.92 Å². The first-order valence-corrected chi connectivity index (χ1v) is 8.84. The van der Waals surface area contributed by atoms with Crippen molar-refractivity contribution in [3.63, 3.8) is 0 Å². The van der Waals surface area contributed by atoms with Gasteiger partial charge in [-0.1, -0.05) is 32.0 Å². The molecule has 0 saturated heterocycles. The number of benzene rings is 1. The smallest absolute Gasteiger partial charge is 0.290 e. The average molecular weight is 366 g/mol. The highest BCUT2D eigenvalue weighted by Gasteiger charge is 2.43. The molecule has 6 nitrogen and oxygen atoms in total. The largest absolute Gasteiger partial charge is 0.508 e. The molecular weight excluding hydrogens is 344 g/mol. The highest BCUT2D eigenvalue weighted by atomic mass is 16.3. The van der Waals surface area contributed by atoms with Gasteiger partial charge in [0.25, 0.3) is 5.91 Å². The Hall–Kier alpha value is -3.15. The second-order valence-corrected chi connectivity index (χ2v) is 7.03. The number of hydrogen-bond acceptors (Lipinski definition) is 5. The van der Waals surface area contributed by atoms with E-state index >= 15 is 0 Å². The highest BCUT2D eigenvalue weighted by molar-refractivity contribution is 6.08. The number of ketones is 1. The zero-order valence-corrected chi connectivity index (χ0v) is 15.3. The maximum atomic E-state index is 12.8. The Balaban J connectivity index is 2.03. The van der Waals surface area contributed by atoms with Crippen molar-refractivity contribution in [1.82, 2.24) is 9.88 Å². The minimum Gasteiger partial charge on any atom is -0.508 e. The van der Waals surface area contributed by atoms with Crippen LogP contribution in [0.3, 0.4) is 0 Å². The summed E-state index contributed by atoms with van der Waals surface area (Å²) in [5.74, 6) is -1.17. The Labute approximate surface area is 157 Å². The molecule has 3 rings (SSSR count). The number of Topliss-reactive ketones (excluding diaryl/α,β-unsaturated/α-hetero) is 1. The van der Waals surface area contributed by atoms with Gasteiger partial charge in [0.05, 0.1) is 23.9 Å². The molecule has 2 N–H and O–H groups in total. The number of carbonyl (C=O) groups is 2. The van der Waals surface area contributed by atoms with Crippen LogP contribution in [0.5, 0.6) is 5.75 Å². The van der Waals surface area contributed by atoms with Crippen LogP contribution in [0.2, 0.25) is 0 Å². The molecule has 27 heavy (non-hydrogen) atoms. The molecule has 1 amide bonds. The van der Waals surface area contributed by atoms with Gasteiger partial charge in [0.2, 0.25) is 0 Å². The van der Waals surface area contributed by atoms with Crippen LogP contribution in [-0.2, 0) is 16.1 Å². The minimum absolute atomic E-state index is 0.0857. The molecule has 6 heteroatoms. The molecule has 1 aliphatic rings. The average Bonchev–Trinajstić information content (AvgIpc) is 2.88. The molecule has 1 unspecified atom stereocenters. The molecule has 0 fully saturated rings. The fourth-order valence-electron chi connectivity index (χ4n) is 3.25. The van der Waals surface area contributed by atoms with Gasteiger partial charge in [0.1, 0.15) is 5.75 Å². The van der Waals surface area contributed by atoms with E-state index in [4.69, 9.17) is 0 Å². The minimum atomic E-state index is -0.716. The summed E-state index contributed by atoms with van der Waals surface area (Å²) in [6.07, 6.45) is 1.86. The number of nitrogens with zero attached hydrogens (tertiary/aromatic N) is 2. The summed E-state index contributed by atoms with van der Waals surface area (Å²) in [5, 5.41) is 20.1. The Kier molecular flexibility index (Phi) is 5.26. The van der Waals surface area contributed by atoms with Crippen LogP contribution in [-0.4, -0.2) is 31.8 Å². The predicted octanol–water partition coefficient (Wildman–Crippen LogP) is 3.30. The quantitative estimate of drug-likeness (QED) is 0.819. The lowest BCUT2D eigenvalue weighted by Gasteiger charge is -2.26. The van der Waals surface area contributed by atoms with Crippen LogP contribution < -0.4 is 0 Å². The Morgan fingerprint density at radius 2 is 1.85 bits per heavy atom. The van der Waals surface area contributed by atoms with Crippen LogP contribution in [0.4, 0.5) is 0 Å². The number of aromatic hydroxyl groups is 1. The highest BCUT2D eigenvalue weighted by Crippen LogP contribution is 2.39. The molecule has 1 atom stereocenters. The molecule has 0 bridgehead atoms. The lowest BCUT2D eigenvalue weighted by atomic mass is 9.92. The van der Waals surface area contributed by atoms with Crippen molar-refractivity contribution in [1.29, 1.82) is 0 Å². The van der Waals surface area contributed by atoms with E-state index in [1.165, 1.54) is 17.0 Å². The van der Waals surface area contributed by atoms with Crippen LogP contribution in [0.15, 0.2) is 60.0 Å². The van der Waals surface area contributed by atoms with Gasteiger partial charge >= 0.3 is 0 Å². The van der Waals surface area contributed by atoms with E-state index in [1.807, 2.05) is 19.9 Å². The van der Waals surface area contributed by atoms with E-state index in [9.17, 15) is 19.8 Å². The number of aromatic nitrogens is 1. The molecule has 1 aromatic carbocycles. The first-order valence-electron chi connectivity index (χ1n) is 8.84.